The zero-order valence-electron chi connectivity index (χ0n) is 13.7. The lowest BCUT2D eigenvalue weighted by atomic mass is 9.92. The van der Waals surface area contributed by atoms with Crippen molar-refractivity contribution >= 4 is 13.5 Å². The second-order valence-corrected chi connectivity index (χ2v) is 9.13. The van der Waals surface area contributed by atoms with Crippen LogP contribution in [0.1, 0.15) is 33.6 Å². The van der Waals surface area contributed by atoms with Crippen LogP contribution in [0.3, 0.4) is 0 Å². The Morgan fingerprint density at radius 2 is 1.90 bits per heavy atom. The number of amides is 1. The summed E-state index contributed by atoms with van der Waals surface area (Å²) in [4.78, 5) is 20.7. The van der Waals surface area contributed by atoms with Gasteiger partial charge in [0.25, 0.3) is 0 Å². The summed E-state index contributed by atoms with van der Waals surface area (Å²) < 4.78 is 15.0. The van der Waals surface area contributed by atoms with Gasteiger partial charge in [-0.1, -0.05) is 20.8 Å². The van der Waals surface area contributed by atoms with Gasteiger partial charge in [0, 0.05) is 12.8 Å². The van der Waals surface area contributed by atoms with E-state index in [9.17, 15) is 14.6 Å². The van der Waals surface area contributed by atoms with Gasteiger partial charge in [0.1, 0.15) is 0 Å². The van der Waals surface area contributed by atoms with Gasteiger partial charge in [0.15, 0.2) is 0 Å². The SMILES string of the molecule is CC(C)(C)CC(=O)NCC[N+](C)(C)CCCP(=O)(O)O[O-]. The lowest BCUT2D eigenvalue weighted by Gasteiger charge is -2.30. The molecule has 0 rings (SSSR count). The van der Waals surface area contributed by atoms with Crippen LogP contribution in [-0.4, -0.2) is 55.2 Å². The molecule has 21 heavy (non-hydrogen) atoms. The maximum atomic E-state index is 11.7. The highest BCUT2D eigenvalue weighted by Crippen LogP contribution is 2.39. The molecule has 0 aromatic carbocycles. The molecule has 2 N–H and O–H groups in total. The van der Waals surface area contributed by atoms with E-state index in [2.05, 4.69) is 9.99 Å². The van der Waals surface area contributed by atoms with Gasteiger partial charge in [-0.25, -0.2) is 0 Å². The van der Waals surface area contributed by atoms with Crippen molar-refractivity contribution in [2.24, 2.45) is 5.41 Å². The number of hydrogen-bond acceptors (Lipinski definition) is 4. The molecule has 0 fully saturated rings. The third kappa shape index (κ3) is 11.8. The van der Waals surface area contributed by atoms with Gasteiger partial charge < -0.3 is 24.6 Å². The zero-order valence-corrected chi connectivity index (χ0v) is 14.6. The van der Waals surface area contributed by atoms with E-state index in [1.165, 1.54) is 0 Å². The van der Waals surface area contributed by atoms with Crippen molar-refractivity contribution in [2.45, 2.75) is 33.6 Å². The fraction of sp³-hybridized carbons (Fsp3) is 0.923. The predicted octanol–water partition coefficient (Wildman–Crippen LogP) is 0.483. The zero-order chi connectivity index (χ0) is 16.7. The van der Waals surface area contributed by atoms with Crippen LogP contribution in [-0.2, 0) is 14.0 Å². The average molecular weight is 324 g/mol. The molecule has 0 aliphatic carbocycles. The molecule has 126 valence electrons. The Hall–Kier alpha value is -0.460. The van der Waals surface area contributed by atoms with Crippen molar-refractivity contribution in [1.82, 2.24) is 5.32 Å². The maximum Gasteiger partial charge on any atom is 0.319 e. The van der Waals surface area contributed by atoms with Crippen LogP contribution in [0.5, 0.6) is 0 Å². The first-order valence-corrected chi connectivity index (χ1v) is 8.85. The smallest absolute Gasteiger partial charge is 0.319 e. The van der Waals surface area contributed by atoms with E-state index in [0.29, 0.717) is 37.0 Å². The van der Waals surface area contributed by atoms with Crippen molar-refractivity contribution in [3.8, 4) is 0 Å². The number of rotatable bonds is 9. The number of likely N-dealkylation sites (N-methyl/N-ethyl adjacent to an activating group) is 1. The molecule has 0 radical (unpaired) electrons. The molecule has 1 unspecified atom stereocenters. The molecule has 0 aromatic rings. The Kier molecular flexibility index (Phi) is 8.07. The molecule has 0 bridgehead atoms. The third-order valence-electron chi connectivity index (χ3n) is 3.05. The van der Waals surface area contributed by atoms with E-state index in [0.717, 1.165) is 0 Å². The van der Waals surface area contributed by atoms with E-state index >= 15 is 0 Å². The van der Waals surface area contributed by atoms with Crippen molar-refractivity contribution in [2.75, 3.05) is 39.9 Å². The fourth-order valence-corrected chi connectivity index (χ4v) is 2.51. The number of hydrogen-bond donors (Lipinski definition) is 2. The fourth-order valence-electron chi connectivity index (χ4n) is 1.89. The normalized spacial score (nSPS) is 15.6. The summed E-state index contributed by atoms with van der Waals surface area (Å²) in [7, 11) is -0.0228. The summed E-state index contributed by atoms with van der Waals surface area (Å²) in [5.74, 6) is 0.0297. The highest BCUT2D eigenvalue weighted by Gasteiger charge is 2.20. The number of quaternary nitrogens is 1. The maximum absolute atomic E-state index is 11.7. The molecular formula is C13H29N2O5P. The van der Waals surface area contributed by atoms with Crippen molar-refractivity contribution in [1.29, 1.82) is 0 Å². The summed E-state index contributed by atoms with van der Waals surface area (Å²) in [5, 5.41) is 12.9. The molecule has 0 aliphatic heterocycles. The summed E-state index contributed by atoms with van der Waals surface area (Å²) in [5.41, 5.74) is -0.0327. The quantitative estimate of drug-likeness (QED) is 0.278. The van der Waals surface area contributed by atoms with Gasteiger partial charge in [-0.15, -0.1) is 0 Å². The molecule has 7 nitrogen and oxygen atoms in total. The van der Waals surface area contributed by atoms with Gasteiger partial charge in [0.2, 0.25) is 5.91 Å². The summed E-state index contributed by atoms with van der Waals surface area (Å²) in [6.45, 7) is 7.93. The average Bonchev–Trinajstić information content (AvgIpc) is 2.25. The highest BCUT2D eigenvalue weighted by molar-refractivity contribution is 7.52. The first-order chi connectivity index (χ1) is 9.37. The topological polar surface area (TPSA) is 98.7 Å². The van der Waals surface area contributed by atoms with E-state index in [1.807, 2.05) is 34.9 Å². The molecular weight excluding hydrogens is 295 g/mol. The Labute approximate surface area is 127 Å². The van der Waals surface area contributed by atoms with Gasteiger partial charge >= 0.3 is 7.60 Å². The molecule has 0 spiro atoms. The Morgan fingerprint density at radius 3 is 2.38 bits per heavy atom. The Balaban J connectivity index is 3.98. The van der Waals surface area contributed by atoms with Crippen LogP contribution in [0.4, 0.5) is 0 Å². The Bertz CT molecular complexity index is 379. The number of nitrogens with one attached hydrogen (secondary N) is 1. The molecule has 1 atom stereocenters. The predicted molar refractivity (Wildman–Crippen MR) is 79.3 cm³/mol. The summed E-state index contributed by atoms with van der Waals surface area (Å²) >= 11 is 0. The van der Waals surface area contributed by atoms with Gasteiger partial charge in [0.05, 0.1) is 39.9 Å². The minimum atomic E-state index is -3.96. The minimum absolute atomic E-state index is 0.0297. The van der Waals surface area contributed by atoms with E-state index in [1.54, 1.807) is 0 Å². The Morgan fingerprint density at radius 1 is 1.33 bits per heavy atom. The number of carbonyl (C=O) groups excluding carboxylic acids is 1. The monoisotopic (exact) mass is 324 g/mol. The molecule has 0 saturated carbocycles. The van der Waals surface area contributed by atoms with Crippen LogP contribution in [0, 0.1) is 5.41 Å². The van der Waals surface area contributed by atoms with Gasteiger partial charge in [-0.05, 0) is 5.41 Å². The minimum Gasteiger partial charge on any atom is -0.716 e. The molecule has 0 aromatic heterocycles. The van der Waals surface area contributed by atoms with Crippen LogP contribution < -0.4 is 10.6 Å². The van der Waals surface area contributed by atoms with Crippen LogP contribution in [0.15, 0.2) is 0 Å². The summed E-state index contributed by atoms with van der Waals surface area (Å²) in [6.07, 6.45) is 0.752. The van der Waals surface area contributed by atoms with Gasteiger partial charge in [-0.3, -0.25) is 9.36 Å². The molecule has 8 heteroatoms. The first-order valence-electron chi connectivity index (χ1n) is 7.09. The summed E-state index contributed by atoms with van der Waals surface area (Å²) in [6, 6.07) is 0. The van der Waals surface area contributed by atoms with Crippen LogP contribution >= 0.6 is 7.60 Å². The van der Waals surface area contributed by atoms with Gasteiger partial charge in [-0.2, -0.15) is 0 Å². The molecule has 0 heterocycles. The van der Waals surface area contributed by atoms with E-state index in [4.69, 9.17) is 4.89 Å². The number of carbonyl (C=O) groups is 1. The number of nitrogens with zero attached hydrogens (tertiary/aromatic N) is 1. The molecule has 1 amide bonds. The first kappa shape index (κ1) is 20.5. The lowest BCUT2D eigenvalue weighted by Crippen LogP contribution is -2.46. The largest absolute Gasteiger partial charge is 0.716 e. The van der Waals surface area contributed by atoms with Crippen molar-refractivity contribution in [3.63, 3.8) is 0 Å². The molecule has 0 saturated heterocycles. The highest BCUT2D eigenvalue weighted by atomic mass is 31.2. The van der Waals surface area contributed by atoms with E-state index in [-0.39, 0.29) is 17.5 Å². The van der Waals surface area contributed by atoms with Crippen LogP contribution in [0.25, 0.3) is 0 Å². The molecule has 0 aliphatic rings. The second-order valence-electron chi connectivity index (χ2n) is 7.26. The lowest BCUT2D eigenvalue weighted by molar-refractivity contribution is -0.889. The second kappa shape index (κ2) is 8.25. The van der Waals surface area contributed by atoms with Crippen molar-refractivity contribution in [3.05, 3.63) is 0 Å². The van der Waals surface area contributed by atoms with Crippen LogP contribution in [0.2, 0.25) is 0 Å². The standard InChI is InChI=1S/C13H29N2O5P/c1-13(2,3)11-12(16)14-7-9-15(4,5)8-6-10-21(18,19)20-17/h6-11H2,1-5H3,(H2-,14,16,17,18,19). The van der Waals surface area contributed by atoms with E-state index < -0.39 is 7.60 Å². The third-order valence-corrected chi connectivity index (χ3v) is 4.17. The van der Waals surface area contributed by atoms with Crippen molar-refractivity contribution < 1.29 is 28.7 Å².